The van der Waals surface area contributed by atoms with E-state index >= 15 is 0 Å². The monoisotopic (exact) mass is 173 g/mol. The summed E-state index contributed by atoms with van der Waals surface area (Å²) in [5.41, 5.74) is -0.716. The van der Waals surface area contributed by atoms with Crippen LogP contribution in [0.15, 0.2) is 0 Å². The van der Waals surface area contributed by atoms with E-state index in [1.165, 1.54) is 0 Å². The quantitative estimate of drug-likeness (QED) is 0.682. The lowest BCUT2D eigenvalue weighted by Gasteiger charge is -2.37. The number of hydrogen-bond acceptors (Lipinski definition) is 2. The minimum atomic E-state index is -0.642. The Morgan fingerprint density at radius 2 is 1.58 bits per heavy atom. The van der Waals surface area contributed by atoms with E-state index in [1.807, 2.05) is 6.92 Å². The number of rotatable bonds is 3. The molecule has 0 amide bonds. The molecule has 12 heavy (non-hydrogen) atoms. The van der Waals surface area contributed by atoms with Gasteiger partial charge in [0.15, 0.2) is 0 Å². The van der Waals surface area contributed by atoms with Gasteiger partial charge >= 0.3 is 0 Å². The lowest BCUT2D eigenvalue weighted by Crippen LogP contribution is -2.49. The van der Waals surface area contributed by atoms with Crippen LogP contribution < -0.4 is 5.32 Å². The van der Waals surface area contributed by atoms with Crippen molar-refractivity contribution in [2.75, 3.05) is 6.54 Å². The molecule has 1 atom stereocenters. The van der Waals surface area contributed by atoms with Crippen molar-refractivity contribution in [3.8, 4) is 0 Å². The average Bonchev–Trinajstić information content (AvgIpc) is 1.81. The van der Waals surface area contributed by atoms with Gasteiger partial charge in [0.25, 0.3) is 0 Å². The Morgan fingerprint density at radius 3 is 1.83 bits per heavy atom. The van der Waals surface area contributed by atoms with E-state index in [4.69, 9.17) is 0 Å². The molecule has 2 nitrogen and oxygen atoms in total. The van der Waals surface area contributed by atoms with E-state index in [2.05, 4.69) is 39.9 Å². The topological polar surface area (TPSA) is 32.3 Å². The summed E-state index contributed by atoms with van der Waals surface area (Å²) in [6, 6.07) is 0.429. The van der Waals surface area contributed by atoms with Crippen LogP contribution in [-0.2, 0) is 0 Å². The van der Waals surface area contributed by atoms with Crippen molar-refractivity contribution in [3.05, 3.63) is 0 Å². The Morgan fingerprint density at radius 1 is 1.17 bits per heavy atom. The van der Waals surface area contributed by atoms with E-state index in [0.717, 1.165) is 0 Å². The molecule has 0 aromatic heterocycles. The molecule has 0 aliphatic heterocycles. The van der Waals surface area contributed by atoms with Crippen LogP contribution in [0.5, 0.6) is 0 Å². The van der Waals surface area contributed by atoms with Gasteiger partial charge in [-0.1, -0.05) is 34.6 Å². The standard InChI is InChI=1S/C10H23NO/c1-8(2)11-7-10(6,12)9(3,4)5/h8,11-12H,7H2,1-6H3. The first-order valence-corrected chi connectivity index (χ1v) is 4.62. The van der Waals surface area contributed by atoms with Crippen molar-refractivity contribution in [2.45, 2.75) is 53.2 Å². The average molecular weight is 173 g/mol. The molecule has 2 N–H and O–H groups in total. The largest absolute Gasteiger partial charge is 0.388 e. The zero-order valence-corrected chi connectivity index (χ0v) is 9.23. The zero-order chi connectivity index (χ0) is 9.99. The summed E-state index contributed by atoms with van der Waals surface area (Å²) in [7, 11) is 0. The third kappa shape index (κ3) is 3.55. The van der Waals surface area contributed by atoms with Gasteiger partial charge in [0.1, 0.15) is 0 Å². The van der Waals surface area contributed by atoms with E-state index in [9.17, 15) is 5.11 Å². The minimum Gasteiger partial charge on any atom is -0.388 e. The molecular weight excluding hydrogens is 150 g/mol. The molecule has 0 heterocycles. The van der Waals surface area contributed by atoms with E-state index in [0.29, 0.717) is 12.6 Å². The van der Waals surface area contributed by atoms with Crippen molar-refractivity contribution < 1.29 is 5.11 Å². The van der Waals surface area contributed by atoms with Gasteiger partial charge in [-0.25, -0.2) is 0 Å². The molecule has 0 spiro atoms. The lowest BCUT2D eigenvalue weighted by atomic mass is 9.78. The highest BCUT2D eigenvalue weighted by atomic mass is 16.3. The molecule has 0 bridgehead atoms. The maximum atomic E-state index is 10.0. The van der Waals surface area contributed by atoms with Crippen LogP contribution in [0.3, 0.4) is 0 Å². The lowest BCUT2D eigenvalue weighted by molar-refractivity contribution is -0.0406. The van der Waals surface area contributed by atoms with Crippen molar-refractivity contribution in [2.24, 2.45) is 5.41 Å². The Balaban J connectivity index is 4.05. The number of hydrogen-bond donors (Lipinski definition) is 2. The molecule has 0 aromatic rings. The van der Waals surface area contributed by atoms with Crippen molar-refractivity contribution in [1.82, 2.24) is 5.32 Å². The first-order chi connectivity index (χ1) is 5.17. The summed E-state index contributed by atoms with van der Waals surface area (Å²) in [5, 5.41) is 13.3. The Bertz CT molecular complexity index is 133. The van der Waals surface area contributed by atoms with Crippen LogP contribution in [0.25, 0.3) is 0 Å². The highest BCUT2D eigenvalue weighted by Crippen LogP contribution is 2.28. The maximum Gasteiger partial charge on any atom is 0.0791 e. The van der Waals surface area contributed by atoms with Crippen molar-refractivity contribution >= 4 is 0 Å². The third-order valence-electron chi connectivity index (χ3n) is 2.47. The van der Waals surface area contributed by atoms with E-state index in [-0.39, 0.29) is 5.41 Å². The normalized spacial score (nSPS) is 18.0. The van der Waals surface area contributed by atoms with Gasteiger partial charge in [-0.05, 0) is 12.3 Å². The molecule has 0 saturated heterocycles. The summed E-state index contributed by atoms with van der Waals surface area (Å²) in [6.07, 6.45) is 0. The molecular formula is C10H23NO. The SMILES string of the molecule is CC(C)NCC(C)(O)C(C)(C)C. The predicted octanol–water partition coefficient (Wildman–Crippen LogP) is 1.78. The fourth-order valence-electron chi connectivity index (χ4n) is 0.668. The maximum absolute atomic E-state index is 10.0. The van der Waals surface area contributed by atoms with Crippen LogP contribution in [0.4, 0.5) is 0 Å². The second-order valence-corrected chi connectivity index (χ2v) is 5.06. The summed E-state index contributed by atoms with van der Waals surface area (Å²) in [6.45, 7) is 12.8. The summed E-state index contributed by atoms with van der Waals surface area (Å²) in [5.74, 6) is 0. The van der Waals surface area contributed by atoms with Crippen molar-refractivity contribution in [3.63, 3.8) is 0 Å². The van der Waals surface area contributed by atoms with Gasteiger partial charge < -0.3 is 10.4 Å². The summed E-state index contributed by atoms with van der Waals surface area (Å²) < 4.78 is 0. The van der Waals surface area contributed by atoms with Crippen LogP contribution in [-0.4, -0.2) is 23.3 Å². The highest BCUT2D eigenvalue weighted by molar-refractivity contribution is 4.88. The van der Waals surface area contributed by atoms with E-state index in [1.54, 1.807) is 0 Å². The predicted molar refractivity (Wildman–Crippen MR) is 53.2 cm³/mol. The molecule has 2 heteroatoms. The van der Waals surface area contributed by atoms with Gasteiger partial charge in [0.05, 0.1) is 5.60 Å². The number of aliphatic hydroxyl groups is 1. The third-order valence-corrected chi connectivity index (χ3v) is 2.47. The molecule has 0 aliphatic rings. The van der Waals surface area contributed by atoms with Gasteiger partial charge in [-0.3, -0.25) is 0 Å². The van der Waals surface area contributed by atoms with Crippen molar-refractivity contribution in [1.29, 1.82) is 0 Å². The van der Waals surface area contributed by atoms with Crippen LogP contribution in [0.2, 0.25) is 0 Å². The first-order valence-electron chi connectivity index (χ1n) is 4.62. The second-order valence-electron chi connectivity index (χ2n) is 5.06. The summed E-state index contributed by atoms with van der Waals surface area (Å²) in [4.78, 5) is 0. The molecule has 0 aliphatic carbocycles. The molecule has 0 radical (unpaired) electrons. The van der Waals surface area contributed by atoms with Gasteiger partial charge in [-0.2, -0.15) is 0 Å². The second kappa shape index (κ2) is 3.75. The molecule has 0 fully saturated rings. The van der Waals surface area contributed by atoms with Gasteiger partial charge in [0, 0.05) is 12.6 Å². The Hall–Kier alpha value is -0.0800. The molecule has 1 unspecified atom stereocenters. The van der Waals surface area contributed by atoms with Crippen LogP contribution in [0, 0.1) is 5.41 Å². The minimum absolute atomic E-state index is 0.0745. The smallest absolute Gasteiger partial charge is 0.0791 e. The highest BCUT2D eigenvalue weighted by Gasteiger charge is 2.34. The molecule has 0 aromatic carbocycles. The van der Waals surface area contributed by atoms with Gasteiger partial charge in [0.2, 0.25) is 0 Å². The van der Waals surface area contributed by atoms with Gasteiger partial charge in [-0.15, -0.1) is 0 Å². The molecule has 0 rings (SSSR count). The Labute approximate surface area is 76.4 Å². The fourth-order valence-corrected chi connectivity index (χ4v) is 0.668. The van der Waals surface area contributed by atoms with E-state index < -0.39 is 5.60 Å². The number of nitrogens with one attached hydrogen (secondary N) is 1. The molecule has 0 saturated carbocycles. The Kier molecular flexibility index (Phi) is 3.73. The van der Waals surface area contributed by atoms with Crippen LogP contribution >= 0.6 is 0 Å². The van der Waals surface area contributed by atoms with Crippen LogP contribution in [0.1, 0.15) is 41.5 Å². The fraction of sp³-hybridized carbons (Fsp3) is 1.00. The zero-order valence-electron chi connectivity index (χ0n) is 9.23. The summed E-state index contributed by atoms with van der Waals surface area (Å²) >= 11 is 0. The molecule has 74 valence electrons. The first kappa shape index (κ1) is 11.9.